The molecule has 0 radical (unpaired) electrons. The molecular formula is C14H14N2OS. The minimum atomic E-state index is 0.391. The Bertz CT molecular complexity index is 552. The number of aryl methyl sites for hydroxylation is 1. The number of hydrogen-bond donors (Lipinski definition) is 1. The van der Waals surface area contributed by atoms with E-state index in [0.29, 0.717) is 11.6 Å². The molecule has 0 aliphatic heterocycles. The van der Waals surface area contributed by atoms with Gasteiger partial charge in [0.05, 0.1) is 5.69 Å². The molecular weight excluding hydrogens is 244 g/mol. The Hall–Kier alpha value is -1.94. The first kappa shape index (κ1) is 12.5. The summed E-state index contributed by atoms with van der Waals surface area (Å²) in [5.41, 5.74) is 8.26. The van der Waals surface area contributed by atoms with Gasteiger partial charge in [0, 0.05) is 11.3 Å². The number of aromatic nitrogens is 1. The van der Waals surface area contributed by atoms with Crippen LogP contribution in [0.25, 0.3) is 0 Å². The van der Waals surface area contributed by atoms with Gasteiger partial charge in [-0.25, -0.2) is 0 Å². The van der Waals surface area contributed by atoms with E-state index < -0.39 is 0 Å². The maximum atomic E-state index is 5.64. The van der Waals surface area contributed by atoms with Gasteiger partial charge in [-0.05, 0) is 43.3 Å². The largest absolute Gasteiger partial charge is 0.487 e. The zero-order chi connectivity index (χ0) is 13.0. The first-order valence-electron chi connectivity index (χ1n) is 5.60. The molecule has 0 bridgehead atoms. The fourth-order valence-corrected chi connectivity index (χ4v) is 1.69. The van der Waals surface area contributed by atoms with Crippen LogP contribution in [-0.2, 0) is 6.61 Å². The van der Waals surface area contributed by atoms with Gasteiger partial charge in [-0.3, -0.25) is 4.98 Å². The fourth-order valence-electron chi connectivity index (χ4n) is 1.55. The van der Waals surface area contributed by atoms with Gasteiger partial charge in [-0.2, -0.15) is 0 Å². The highest BCUT2D eigenvalue weighted by Crippen LogP contribution is 2.13. The van der Waals surface area contributed by atoms with Gasteiger partial charge < -0.3 is 10.5 Å². The highest BCUT2D eigenvalue weighted by atomic mass is 32.1. The minimum Gasteiger partial charge on any atom is -0.487 e. The van der Waals surface area contributed by atoms with E-state index >= 15 is 0 Å². The Kier molecular flexibility index (Phi) is 3.89. The Balaban J connectivity index is 2.00. The second kappa shape index (κ2) is 5.60. The smallest absolute Gasteiger partial charge is 0.130 e. The third-order valence-corrected chi connectivity index (χ3v) is 2.71. The molecule has 92 valence electrons. The third-order valence-electron chi connectivity index (χ3n) is 2.47. The average Bonchev–Trinajstić information content (AvgIpc) is 2.37. The number of benzene rings is 1. The zero-order valence-electron chi connectivity index (χ0n) is 10.1. The van der Waals surface area contributed by atoms with Crippen molar-refractivity contribution >= 4 is 17.2 Å². The maximum absolute atomic E-state index is 5.64. The summed E-state index contributed by atoms with van der Waals surface area (Å²) in [4.78, 5) is 4.76. The van der Waals surface area contributed by atoms with Gasteiger partial charge >= 0.3 is 0 Å². The van der Waals surface area contributed by atoms with Crippen LogP contribution < -0.4 is 10.5 Å². The van der Waals surface area contributed by atoms with Gasteiger partial charge in [0.1, 0.15) is 17.3 Å². The molecule has 1 heterocycles. The Morgan fingerprint density at radius 3 is 2.56 bits per heavy atom. The molecule has 2 aromatic rings. The molecule has 0 atom stereocenters. The van der Waals surface area contributed by atoms with E-state index in [0.717, 1.165) is 22.7 Å². The van der Waals surface area contributed by atoms with E-state index in [9.17, 15) is 0 Å². The summed E-state index contributed by atoms with van der Waals surface area (Å²) in [5.74, 6) is 0.776. The molecule has 4 heteroatoms. The lowest BCUT2D eigenvalue weighted by molar-refractivity contribution is 0.301. The SMILES string of the molecule is Cc1cccc(COc2ccc(C(N)=S)cc2)n1. The van der Waals surface area contributed by atoms with Gasteiger partial charge in [0.25, 0.3) is 0 Å². The molecule has 0 spiro atoms. The Labute approximate surface area is 112 Å². The van der Waals surface area contributed by atoms with Crippen LogP contribution in [0.4, 0.5) is 0 Å². The molecule has 0 amide bonds. The van der Waals surface area contributed by atoms with Crippen LogP contribution in [0.2, 0.25) is 0 Å². The van der Waals surface area contributed by atoms with Crippen LogP contribution in [0.15, 0.2) is 42.5 Å². The van der Waals surface area contributed by atoms with Crippen LogP contribution in [0, 0.1) is 6.92 Å². The lowest BCUT2D eigenvalue weighted by Crippen LogP contribution is -2.08. The summed E-state index contributed by atoms with van der Waals surface area (Å²) >= 11 is 4.89. The Morgan fingerprint density at radius 1 is 1.22 bits per heavy atom. The molecule has 3 nitrogen and oxygen atoms in total. The lowest BCUT2D eigenvalue weighted by Gasteiger charge is -2.07. The minimum absolute atomic E-state index is 0.391. The number of ether oxygens (including phenoxy) is 1. The first-order chi connectivity index (χ1) is 8.65. The normalized spacial score (nSPS) is 10.1. The van der Waals surface area contributed by atoms with Crippen LogP contribution in [0.1, 0.15) is 17.0 Å². The van der Waals surface area contributed by atoms with E-state index in [1.54, 1.807) is 0 Å². The van der Waals surface area contributed by atoms with E-state index in [-0.39, 0.29) is 0 Å². The molecule has 0 unspecified atom stereocenters. The van der Waals surface area contributed by atoms with Crippen molar-refractivity contribution in [1.82, 2.24) is 4.98 Å². The number of rotatable bonds is 4. The van der Waals surface area contributed by atoms with Gasteiger partial charge in [-0.15, -0.1) is 0 Å². The van der Waals surface area contributed by atoms with Gasteiger partial charge in [0.15, 0.2) is 0 Å². The topological polar surface area (TPSA) is 48.1 Å². The first-order valence-corrected chi connectivity index (χ1v) is 6.01. The standard InChI is InChI=1S/C14H14N2OS/c1-10-3-2-4-12(16-10)9-17-13-7-5-11(6-8-13)14(15)18/h2-8H,9H2,1H3,(H2,15,18). The van der Waals surface area contributed by atoms with Crippen molar-refractivity contribution in [3.8, 4) is 5.75 Å². The summed E-state index contributed by atoms with van der Waals surface area (Å²) in [5, 5.41) is 0. The summed E-state index contributed by atoms with van der Waals surface area (Å²) in [6.45, 7) is 2.41. The maximum Gasteiger partial charge on any atom is 0.130 e. The van der Waals surface area contributed by atoms with Crippen molar-refractivity contribution in [2.75, 3.05) is 0 Å². The number of thiocarbonyl (C=S) groups is 1. The van der Waals surface area contributed by atoms with E-state index in [4.69, 9.17) is 22.7 Å². The number of nitrogens with two attached hydrogens (primary N) is 1. The number of nitrogens with zero attached hydrogens (tertiary/aromatic N) is 1. The van der Waals surface area contributed by atoms with Crippen LogP contribution in [0.3, 0.4) is 0 Å². The van der Waals surface area contributed by atoms with Crippen LogP contribution >= 0.6 is 12.2 Å². The number of hydrogen-bond acceptors (Lipinski definition) is 3. The van der Waals surface area contributed by atoms with Crippen molar-refractivity contribution in [3.05, 3.63) is 59.4 Å². The second-order valence-electron chi connectivity index (χ2n) is 3.95. The molecule has 1 aromatic heterocycles. The molecule has 2 rings (SSSR count). The quantitative estimate of drug-likeness (QED) is 0.856. The fraction of sp³-hybridized carbons (Fsp3) is 0.143. The van der Waals surface area contributed by atoms with Crippen molar-refractivity contribution < 1.29 is 4.74 Å². The summed E-state index contributed by atoms with van der Waals surface area (Å²) in [7, 11) is 0. The molecule has 2 N–H and O–H groups in total. The lowest BCUT2D eigenvalue weighted by atomic mass is 10.2. The number of pyridine rings is 1. The highest BCUT2D eigenvalue weighted by Gasteiger charge is 1.99. The molecule has 0 saturated heterocycles. The van der Waals surface area contributed by atoms with Crippen molar-refractivity contribution in [3.63, 3.8) is 0 Å². The zero-order valence-corrected chi connectivity index (χ0v) is 10.9. The average molecular weight is 258 g/mol. The van der Waals surface area contributed by atoms with Crippen LogP contribution in [-0.4, -0.2) is 9.97 Å². The second-order valence-corrected chi connectivity index (χ2v) is 4.39. The predicted octanol–water partition coefficient (Wildman–Crippen LogP) is 2.60. The molecule has 0 aliphatic carbocycles. The van der Waals surface area contributed by atoms with E-state index in [1.807, 2.05) is 49.4 Å². The highest BCUT2D eigenvalue weighted by molar-refractivity contribution is 7.80. The molecule has 0 aliphatic rings. The summed E-state index contributed by atoms with van der Waals surface area (Å²) in [6.07, 6.45) is 0. The summed E-state index contributed by atoms with van der Waals surface area (Å²) in [6, 6.07) is 13.3. The molecule has 18 heavy (non-hydrogen) atoms. The van der Waals surface area contributed by atoms with Crippen molar-refractivity contribution in [2.45, 2.75) is 13.5 Å². The van der Waals surface area contributed by atoms with Crippen LogP contribution in [0.5, 0.6) is 5.75 Å². The molecule has 1 aromatic carbocycles. The van der Waals surface area contributed by atoms with E-state index in [2.05, 4.69) is 4.98 Å². The molecule has 0 fully saturated rings. The van der Waals surface area contributed by atoms with Gasteiger partial charge in [-0.1, -0.05) is 18.3 Å². The van der Waals surface area contributed by atoms with Gasteiger partial charge in [0.2, 0.25) is 0 Å². The van der Waals surface area contributed by atoms with E-state index in [1.165, 1.54) is 0 Å². The predicted molar refractivity (Wildman–Crippen MR) is 75.6 cm³/mol. The summed E-state index contributed by atoms with van der Waals surface area (Å²) < 4.78 is 5.64. The van der Waals surface area contributed by atoms with Crippen molar-refractivity contribution in [1.29, 1.82) is 0 Å². The third kappa shape index (κ3) is 3.28. The monoisotopic (exact) mass is 258 g/mol. The Morgan fingerprint density at radius 2 is 1.94 bits per heavy atom. The van der Waals surface area contributed by atoms with Crippen molar-refractivity contribution in [2.24, 2.45) is 5.73 Å². The molecule has 0 saturated carbocycles.